The van der Waals surface area contributed by atoms with Gasteiger partial charge in [0.05, 0.1) is 33.5 Å². The summed E-state index contributed by atoms with van der Waals surface area (Å²) in [5.41, 5.74) is 2.41. The van der Waals surface area contributed by atoms with Crippen LogP contribution in [0.15, 0.2) is 48.8 Å². The van der Waals surface area contributed by atoms with Crippen molar-refractivity contribution in [3.63, 3.8) is 0 Å². The van der Waals surface area contributed by atoms with Crippen LogP contribution in [-0.4, -0.2) is 31.1 Å². The molecular weight excluding hydrogens is 471 g/mol. The summed E-state index contributed by atoms with van der Waals surface area (Å²) in [6.07, 6.45) is 3.26. The van der Waals surface area contributed by atoms with Crippen LogP contribution in [0.5, 0.6) is 0 Å². The van der Waals surface area contributed by atoms with Crippen molar-refractivity contribution in [1.82, 2.24) is 15.0 Å². The van der Waals surface area contributed by atoms with Gasteiger partial charge in [-0.15, -0.1) is 0 Å². The monoisotopic (exact) mass is 494 g/mol. The number of hydrogen-bond acceptors (Lipinski definition) is 6. The first kappa shape index (κ1) is 24.5. The minimum atomic E-state index is -1.16. The van der Waals surface area contributed by atoms with Crippen molar-refractivity contribution in [2.24, 2.45) is 0 Å². The number of aryl methyl sites for hydroxylation is 1. The molecule has 0 radical (unpaired) electrons. The number of benzene rings is 2. The van der Waals surface area contributed by atoms with Crippen LogP contribution in [0.1, 0.15) is 54.3 Å². The van der Waals surface area contributed by atoms with Crippen LogP contribution in [0.4, 0.5) is 10.1 Å². The number of aromatic nitrogens is 3. The van der Waals surface area contributed by atoms with Crippen molar-refractivity contribution >= 4 is 34.2 Å². The van der Waals surface area contributed by atoms with Crippen molar-refractivity contribution in [3.8, 4) is 11.1 Å². The second-order valence-electron chi connectivity index (χ2n) is 8.88. The molecule has 0 amide bonds. The fourth-order valence-corrected chi connectivity index (χ4v) is 3.98. The highest BCUT2D eigenvalue weighted by molar-refractivity contribution is 6.35. The van der Waals surface area contributed by atoms with Gasteiger partial charge in [-0.1, -0.05) is 17.7 Å². The van der Waals surface area contributed by atoms with Gasteiger partial charge in [-0.3, -0.25) is 4.98 Å². The lowest BCUT2D eigenvalue weighted by Gasteiger charge is -2.20. The van der Waals surface area contributed by atoms with E-state index >= 15 is 0 Å². The molecule has 9 heteroatoms. The van der Waals surface area contributed by atoms with Crippen LogP contribution in [0.2, 0.25) is 5.02 Å². The van der Waals surface area contributed by atoms with Crippen LogP contribution < -0.4 is 5.32 Å². The maximum atomic E-state index is 14.6. The highest BCUT2D eigenvalue weighted by atomic mass is 35.5. The Morgan fingerprint density at radius 1 is 1.11 bits per heavy atom. The Morgan fingerprint density at radius 2 is 1.80 bits per heavy atom. The number of carboxylic acids is 1. The third-order valence-electron chi connectivity index (χ3n) is 5.69. The van der Waals surface area contributed by atoms with E-state index in [2.05, 4.69) is 20.3 Å². The van der Waals surface area contributed by atoms with Gasteiger partial charge in [0.15, 0.2) is 5.82 Å². The van der Waals surface area contributed by atoms with E-state index in [9.17, 15) is 19.4 Å². The molecule has 0 saturated carbocycles. The van der Waals surface area contributed by atoms with Crippen molar-refractivity contribution in [1.29, 1.82) is 0 Å². The van der Waals surface area contributed by atoms with Crippen LogP contribution >= 0.6 is 11.6 Å². The molecule has 0 bridgehead atoms. The summed E-state index contributed by atoms with van der Waals surface area (Å²) in [7, 11) is 0. The lowest BCUT2D eigenvalue weighted by atomic mass is 10.0. The fourth-order valence-electron chi connectivity index (χ4n) is 3.78. The quantitative estimate of drug-likeness (QED) is 0.306. The Bertz CT molecular complexity index is 1440. The number of pyridine rings is 1. The van der Waals surface area contributed by atoms with E-state index in [1.807, 2.05) is 18.2 Å². The van der Waals surface area contributed by atoms with Crippen molar-refractivity contribution in [2.75, 3.05) is 5.32 Å². The first-order valence-corrected chi connectivity index (χ1v) is 11.3. The van der Waals surface area contributed by atoms with Gasteiger partial charge in [-0.25, -0.2) is 19.2 Å². The Kier molecular flexibility index (Phi) is 6.44. The van der Waals surface area contributed by atoms with Gasteiger partial charge in [0, 0.05) is 28.9 Å². The first-order valence-electron chi connectivity index (χ1n) is 10.9. The van der Waals surface area contributed by atoms with Crippen LogP contribution in [0, 0.1) is 12.7 Å². The number of rotatable bonds is 6. The fraction of sp³-hybridized carbons (Fsp3) is 0.231. The maximum absolute atomic E-state index is 14.6. The zero-order chi connectivity index (χ0) is 25.5. The Morgan fingerprint density at radius 3 is 2.43 bits per heavy atom. The molecule has 7 nitrogen and oxygen atoms in total. The summed E-state index contributed by atoms with van der Waals surface area (Å²) >= 11 is 6.63. The molecule has 0 saturated heterocycles. The number of nitrogens with zero attached hydrogens (tertiary/aromatic N) is 3. The lowest BCUT2D eigenvalue weighted by Crippen LogP contribution is -2.19. The number of fused-ring (bicyclic) bond motifs is 1. The zero-order valence-electron chi connectivity index (χ0n) is 19.6. The smallest absolute Gasteiger partial charge is 0.335 e. The van der Waals surface area contributed by atoms with Gasteiger partial charge >= 0.3 is 5.97 Å². The number of carbonyl (C=O) groups is 1. The minimum Gasteiger partial charge on any atom is -0.478 e. The molecule has 2 aromatic carbocycles. The molecule has 4 rings (SSSR count). The average Bonchev–Trinajstić information content (AvgIpc) is 2.81. The number of hydrogen-bond donors (Lipinski definition) is 3. The number of aromatic carboxylic acids is 1. The number of anilines is 1. The Labute approximate surface area is 206 Å². The molecule has 4 aromatic rings. The highest BCUT2D eigenvalue weighted by Gasteiger charge is 2.21. The van der Waals surface area contributed by atoms with Gasteiger partial charge in [-0.2, -0.15) is 0 Å². The van der Waals surface area contributed by atoms with Crippen molar-refractivity contribution in [3.05, 3.63) is 82.3 Å². The highest BCUT2D eigenvalue weighted by Crippen LogP contribution is 2.37. The average molecular weight is 495 g/mol. The van der Waals surface area contributed by atoms with Gasteiger partial charge in [-0.05, 0) is 63.6 Å². The van der Waals surface area contributed by atoms with E-state index in [-0.39, 0.29) is 11.1 Å². The molecule has 1 unspecified atom stereocenters. The van der Waals surface area contributed by atoms with E-state index in [0.29, 0.717) is 33.1 Å². The molecule has 35 heavy (non-hydrogen) atoms. The summed E-state index contributed by atoms with van der Waals surface area (Å²) in [4.78, 5) is 24.5. The number of aliphatic hydroxyl groups is 1. The zero-order valence-corrected chi connectivity index (χ0v) is 20.4. The molecule has 0 fully saturated rings. The predicted octanol–water partition coefficient (Wildman–Crippen LogP) is 5.89. The lowest BCUT2D eigenvalue weighted by molar-refractivity contribution is 0.0683. The van der Waals surface area contributed by atoms with Crippen LogP contribution in [0.3, 0.4) is 0 Å². The molecule has 0 aliphatic rings. The van der Waals surface area contributed by atoms with Crippen molar-refractivity contribution in [2.45, 2.75) is 39.3 Å². The standard InChI is InChI=1S/C26H24ClFN4O3/c1-13(18-10-16(24(33)34)5-7-20(18)28)32-23-19-9-15(6-8-21(19)31-14(2)22(23)27)17-11-29-25(30-12-17)26(3,4)35/h5-13,35H,1-4H3,(H,31,32)(H,33,34). The molecule has 2 aromatic heterocycles. The largest absolute Gasteiger partial charge is 0.478 e. The topological polar surface area (TPSA) is 108 Å². The Balaban J connectivity index is 1.78. The summed E-state index contributed by atoms with van der Waals surface area (Å²) in [5, 5.41) is 23.7. The van der Waals surface area contributed by atoms with E-state index < -0.39 is 23.4 Å². The van der Waals surface area contributed by atoms with Crippen LogP contribution in [0.25, 0.3) is 22.0 Å². The third kappa shape index (κ3) is 4.94. The molecule has 180 valence electrons. The summed E-state index contributed by atoms with van der Waals surface area (Å²) < 4.78 is 14.6. The molecule has 2 heterocycles. The number of carboxylic acid groups (broad SMARTS) is 1. The SMILES string of the molecule is Cc1nc2ccc(-c3cnc(C(C)(C)O)nc3)cc2c(NC(C)c2cc(C(=O)O)ccc2F)c1Cl. The first-order chi connectivity index (χ1) is 16.5. The normalized spacial score (nSPS) is 12.5. The molecule has 0 aliphatic heterocycles. The van der Waals surface area contributed by atoms with E-state index in [0.717, 1.165) is 17.2 Å². The molecular formula is C26H24ClFN4O3. The molecule has 1 atom stereocenters. The number of halogens is 2. The molecule has 3 N–H and O–H groups in total. The van der Waals surface area contributed by atoms with E-state index in [4.69, 9.17) is 11.6 Å². The maximum Gasteiger partial charge on any atom is 0.335 e. The molecule has 0 aliphatic carbocycles. The van der Waals surface area contributed by atoms with Crippen molar-refractivity contribution < 1.29 is 19.4 Å². The molecule has 0 spiro atoms. The van der Waals surface area contributed by atoms with Gasteiger partial charge in [0.2, 0.25) is 0 Å². The van der Waals surface area contributed by atoms with E-state index in [1.165, 1.54) is 12.1 Å². The van der Waals surface area contributed by atoms with Gasteiger partial charge in [0.1, 0.15) is 11.4 Å². The summed E-state index contributed by atoms with van der Waals surface area (Å²) in [5.74, 6) is -1.35. The van der Waals surface area contributed by atoms with Gasteiger partial charge in [0.25, 0.3) is 0 Å². The van der Waals surface area contributed by atoms with E-state index in [1.54, 1.807) is 40.1 Å². The summed E-state index contributed by atoms with van der Waals surface area (Å²) in [6.45, 7) is 6.74. The predicted molar refractivity (Wildman–Crippen MR) is 133 cm³/mol. The van der Waals surface area contributed by atoms with Crippen LogP contribution in [-0.2, 0) is 5.60 Å². The Hall–Kier alpha value is -3.62. The third-order valence-corrected chi connectivity index (χ3v) is 6.16. The number of nitrogens with one attached hydrogen (secondary N) is 1. The van der Waals surface area contributed by atoms with Gasteiger partial charge < -0.3 is 15.5 Å². The second kappa shape index (κ2) is 9.20. The minimum absolute atomic E-state index is 0.00583. The summed E-state index contributed by atoms with van der Waals surface area (Å²) in [6, 6.07) is 8.71. The second-order valence-corrected chi connectivity index (χ2v) is 9.26.